The number of hydrogen-bond acceptors (Lipinski definition) is 9. The molecule has 0 bridgehead atoms. The van der Waals surface area contributed by atoms with Gasteiger partial charge in [-0.15, -0.1) is 0 Å². The molecule has 124 valence electrons. The van der Waals surface area contributed by atoms with Gasteiger partial charge in [0.1, 0.15) is 24.4 Å². The number of aliphatic hydroxyl groups is 4. The molecule has 0 aromatic heterocycles. The average molecular weight is 307 g/mol. The summed E-state index contributed by atoms with van der Waals surface area (Å²) in [5.74, 6) is 0. The molecule has 21 heavy (non-hydrogen) atoms. The molecule has 0 unspecified atom stereocenters. The molecule has 9 atom stereocenters. The van der Waals surface area contributed by atoms with Gasteiger partial charge in [-0.1, -0.05) is 0 Å². The highest BCUT2D eigenvalue weighted by atomic mass is 16.7. The van der Waals surface area contributed by atoms with Crippen molar-refractivity contribution in [3.63, 3.8) is 0 Å². The zero-order valence-corrected chi connectivity index (χ0v) is 11.7. The molecule has 1 heterocycles. The summed E-state index contributed by atoms with van der Waals surface area (Å²) >= 11 is 0. The third-order valence-corrected chi connectivity index (χ3v) is 4.20. The lowest BCUT2D eigenvalue weighted by atomic mass is 9.87. The summed E-state index contributed by atoms with van der Waals surface area (Å²) in [6.45, 7) is -0.0280. The van der Waals surface area contributed by atoms with Crippen LogP contribution in [0.15, 0.2) is 0 Å². The first-order valence-electron chi connectivity index (χ1n) is 7.09. The Balaban J connectivity index is 2.01. The van der Waals surface area contributed by atoms with Gasteiger partial charge < -0.3 is 47.1 Å². The van der Waals surface area contributed by atoms with Gasteiger partial charge in [0.15, 0.2) is 6.29 Å². The molecule has 2 fully saturated rings. The third-order valence-electron chi connectivity index (χ3n) is 4.20. The fourth-order valence-corrected chi connectivity index (χ4v) is 2.76. The Kier molecular flexibility index (Phi) is 5.52. The van der Waals surface area contributed by atoms with Crippen molar-refractivity contribution in [1.29, 1.82) is 0 Å². The van der Waals surface area contributed by atoms with Crippen molar-refractivity contribution in [2.24, 2.45) is 17.2 Å². The highest BCUT2D eigenvalue weighted by Gasteiger charge is 2.45. The van der Waals surface area contributed by atoms with Crippen LogP contribution in [0.1, 0.15) is 12.8 Å². The topological polar surface area (TPSA) is 177 Å². The van der Waals surface area contributed by atoms with Crippen molar-refractivity contribution in [1.82, 2.24) is 0 Å². The van der Waals surface area contributed by atoms with E-state index < -0.39 is 55.0 Å². The number of ether oxygens (including phenoxy) is 2. The largest absolute Gasteiger partial charge is 0.391 e. The van der Waals surface area contributed by atoms with E-state index in [-0.39, 0.29) is 13.0 Å². The van der Waals surface area contributed by atoms with Gasteiger partial charge in [-0.2, -0.15) is 0 Å². The van der Waals surface area contributed by atoms with Crippen molar-refractivity contribution < 1.29 is 29.9 Å². The maximum Gasteiger partial charge on any atom is 0.186 e. The molecule has 9 heteroatoms. The van der Waals surface area contributed by atoms with Crippen LogP contribution in [0.5, 0.6) is 0 Å². The van der Waals surface area contributed by atoms with Crippen molar-refractivity contribution >= 4 is 0 Å². The first-order valence-corrected chi connectivity index (χ1v) is 7.09. The lowest BCUT2D eigenvalue weighted by molar-refractivity contribution is -0.309. The van der Waals surface area contributed by atoms with Crippen molar-refractivity contribution in [3.05, 3.63) is 0 Å². The van der Waals surface area contributed by atoms with Crippen LogP contribution in [0.3, 0.4) is 0 Å². The number of rotatable bonds is 3. The summed E-state index contributed by atoms with van der Waals surface area (Å²) in [4.78, 5) is 0. The second-order valence-electron chi connectivity index (χ2n) is 5.79. The molecule has 1 saturated carbocycles. The zero-order chi connectivity index (χ0) is 15.7. The summed E-state index contributed by atoms with van der Waals surface area (Å²) in [5, 5.41) is 39.1. The van der Waals surface area contributed by atoms with Gasteiger partial charge in [-0.3, -0.25) is 0 Å². The molecule has 2 aliphatic rings. The second-order valence-corrected chi connectivity index (χ2v) is 5.79. The van der Waals surface area contributed by atoms with E-state index in [9.17, 15) is 20.4 Å². The molecule has 1 saturated heterocycles. The molecular formula is C12H25N3O6. The molecule has 2 rings (SSSR count). The Labute approximate surface area is 122 Å². The Morgan fingerprint density at radius 3 is 2.24 bits per heavy atom. The van der Waals surface area contributed by atoms with E-state index in [2.05, 4.69) is 0 Å². The van der Waals surface area contributed by atoms with Gasteiger partial charge in [0.05, 0.1) is 12.2 Å². The van der Waals surface area contributed by atoms with Crippen LogP contribution in [0.25, 0.3) is 0 Å². The number of nitrogens with two attached hydrogens (primary N) is 3. The normalized spacial score (nSPS) is 51.9. The Morgan fingerprint density at radius 2 is 1.62 bits per heavy atom. The molecule has 0 amide bonds. The van der Waals surface area contributed by atoms with E-state index in [4.69, 9.17) is 26.7 Å². The second kappa shape index (κ2) is 6.82. The maximum absolute atomic E-state index is 9.93. The average Bonchev–Trinajstić information content (AvgIpc) is 2.45. The molecule has 9 nitrogen and oxygen atoms in total. The molecule has 1 aliphatic carbocycles. The van der Waals surface area contributed by atoms with Crippen LogP contribution in [0.2, 0.25) is 0 Å². The maximum atomic E-state index is 9.93. The van der Waals surface area contributed by atoms with Crippen LogP contribution >= 0.6 is 0 Å². The quantitative estimate of drug-likeness (QED) is 0.273. The van der Waals surface area contributed by atoms with E-state index >= 15 is 0 Å². The lowest BCUT2D eigenvalue weighted by Gasteiger charge is -2.43. The first-order chi connectivity index (χ1) is 9.85. The monoisotopic (exact) mass is 307 g/mol. The van der Waals surface area contributed by atoms with E-state index in [0.29, 0.717) is 6.42 Å². The van der Waals surface area contributed by atoms with Gasteiger partial charge in [0.2, 0.25) is 0 Å². The molecular weight excluding hydrogens is 282 g/mol. The van der Waals surface area contributed by atoms with Crippen LogP contribution in [0, 0.1) is 0 Å². The molecule has 10 N–H and O–H groups in total. The van der Waals surface area contributed by atoms with Gasteiger partial charge in [-0.05, 0) is 12.8 Å². The van der Waals surface area contributed by atoms with Crippen LogP contribution < -0.4 is 17.2 Å². The van der Waals surface area contributed by atoms with E-state index in [1.54, 1.807) is 0 Å². The molecule has 0 radical (unpaired) electrons. The minimum absolute atomic E-state index is 0.0280. The highest BCUT2D eigenvalue weighted by Crippen LogP contribution is 2.27. The van der Waals surface area contributed by atoms with Crippen LogP contribution in [0.4, 0.5) is 0 Å². The minimum atomic E-state index is -1.42. The van der Waals surface area contributed by atoms with E-state index in [1.165, 1.54) is 0 Å². The van der Waals surface area contributed by atoms with Crippen molar-refractivity contribution in [2.45, 2.75) is 67.8 Å². The Bertz CT molecular complexity index is 347. The predicted octanol–water partition coefficient (Wildman–Crippen LogP) is -4.05. The number of aliphatic hydroxyl groups excluding tert-OH is 4. The van der Waals surface area contributed by atoms with Gasteiger partial charge in [0.25, 0.3) is 0 Å². The zero-order valence-electron chi connectivity index (χ0n) is 11.7. The summed E-state index contributed by atoms with van der Waals surface area (Å²) in [6, 6.07) is -0.938. The van der Waals surface area contributed by atoms with Crippen molar-refractivity contribution in [3.8, 4) is 0 Å². The summed E-state index contributed by atoms with van der Waals surface area (Å²) < 4.78 is 11.0. The Morgan fingerprint density at radius 1 is 0.952 bits per heavy atom. The van der Waals surface area contributed by atoms with E-state index in [0.717, 1.165) is 0 Å². The smallest absolute Gasteiger partial charge is 0.186 e. The fourth-order valence-electron chi connectivity index (χ4n) is 2.76. The van der Waals surface area contributed by atoms with Crippen molar-refractivity contribution in [2.75, 3.05) is 6.54 Å². The highest BCUT2D eigenvalue weighted by molar-refractivity contribution is 4.94. The van der Waals surface area contributed by atoms with Crippen LogP contribution in [-0.4, -0.2) is 82.0 Å². The Hall–Kier alpha value is -0.360. The predicted molar refractivity (Wildman–Crippen MR) is 71.8 cm³/mol. The third kappa shape index (κ3) is 3.52. The lowest BCUT2D eigenvalue weighted by Crippen LogP contribution is -2.62. The minimum Gasteiger partial charge on any atom is -0.391 e. The van der Waals surface area contributed by atoms with Gasteiger partial charge in [0, 0.05) is 18.6 Å². The molecule has 1 aliphatic heterocycles. The van der Waals surface area contributed by atoms with Gasteiger partial charge in [-0.25, -0.2) is 0 Å². The summed E-state index contributed by atoms with van der Waals surface area (Å²) in [7, 11) is 0. The standard InChI is InChI=1S/C12H25N3O6/c13-3-8-9(17)10(18)11(19)12(21-8)20-7-2-4(14)6(16)1-5(7)15/h4-12,16-19H,1-3,13-15H2/t4-,5-,6-,7-,8+,9+,10-,11+,12-/m0/s1. The fraction of sp³-hybridized carbons (Fsp3) is 1.00. The van der Waals surface area contributed by atoms with E-state index in [1.807, 2.05) is 0 Å². The van der Waals surface area contributed by atoms with Gasteiger partial charge >= 0.3 is 0 Å². The summed E-state index contributed by atoms with van der Waals surface area (Å²) in [5.41, 5.74) is 17.1. The first kappa shape index (κ1) is 17.0. The molecule has 0 spiro atoms. The molecule has 0 aromatic carbocycles. The summed E-state index contributed by atoms with van der Waals surface area (Å²) in [6.07, 6.45) is -6.75. The molecule has 0 aromatic rings. The number of hydrogen-bond donors (Lipinski definition) is 7. The van der Waals surface area contributed by atoms with Crippen LogP contribution in [-0.2, 0) is 9.47 Å². The SMILES string of the molecule is NC[C@H]1O[C@H](O[C@H]2C[C@H](N)[C@@H](O)C[C@@H]2N)[C@H](O)[C@@H](O)[C@@H]1O.